The first-order valence-electron chi connectivity index (χ1n) is 6.24. The van der Waals surface area contributed by atoms with Crippen molar-refractivity contribution in [1.82, 2.24) is 0 Å². The molecule has 0 N–H and O–H groups in total. The van der Waals surface area contributed by atoms with Crippen LogP contribution in [0.25, 0.3) is 0 Å². The lowest BCUT2D eigenvalue weighted by Gasteiger charge is -2.22. The number of ether oxygens (including phenoxy) is 2. The lowest BCUT2D eigenvalue weighted by molar-refractivity contribution is -0.175. The first-order chi connectivity index (χ1) is 7.86. The molecule has 0 amide bonds. The second kappa shape index (κ2) is 8.48. The number of hydrogen-bond acceptors (Lipinski definition) is 3. The van der Waals surface area contributed by atoms with Crippen molar-refractivity contribution in [2.45, 2.75) is 51.7 Å². The SMILES string of the molecule is CCCCC/C(C=O)=C/CC1OCCCO1. The summed E-state index contributed by atoms with van der Waals surface area (Å²) >= 11 is 0. The largest absolute Gasteiger partial charge is 0.352 e. The summed E-state index contributed by atoms with van der Waals surface area (Å²) in [4.78, 5) is 10.8. The Labute approximate surface area is 97.8 Å². The summed E-state index contributed by atoms with van der Waals surface area (Å²) in [5.41, 5.74) is 0.881. The van der Waals surface area contributed by atoms with Crippen LogP contribution in [0.15, 0.2) is 11.6 Å². The lowest BCUT2D eigenvalue weighted by Crippen LogP contribution is -2.24. The van der Waals surface area contributed by atoms with Gasteiger partial charge in [-0.05, 0) is 24.8 Å². The van der Waals surface area contributed by atoms with E-state index in [4.69, 9.17) is 9.47 Å². The molecule has 0 aromatic carbocycles. The molecule has 0 aliphatic carbocycles. The van der Waals surface area contributed by atoms with E-state index in [0.29, 0.717) is 6.42 Å². The van der Waals surface area contributed by atoms with Gasteiger partial charge in [-0.3, -0.25) is 4.79 Å². The topological polar surface area (TPSA) is 35.5 Å². The predicted molar refractivity (Wildman–Crippen MR) is 63.2 cm³/mol. The van der Waals surface area contributed by atoms with Gasteiger partial charge in [0.05, 0.1) is 13.2 Å². The van der Waals surface area contributed by atoms with Gasteiger partial charge in [0.25, 0.3) is 0 Å². The molecule has 0 unspecified atom stereocenters. The zero-order valence-electron chi connectivity index (χ0n) is 10.1. The third kappa shape index (κ3) is 5.42. The van der Waals surface area contributed by atoms with Crippen LogP contribution in [0.5, 0.6) is 0 Å². The quantitative estimate of drug-likeness (QED) is 0.380. The van der Waals surface area contributed by atoms with Gasteiger partial charge in [-0.1, -0.05) is 25.8 Å². The Balaban J connectivity index is 2.24. The second-order valence-corrected chi connectivity index (χ2v) is 4.11. The van der Waals surface area contributed by atoms with Crippen LogP contribution in [0.3, 0.4) is 0 Å². The molecule has 0 atom stereocenters. The molecular weight excluding hydrogens is 204 g/mol. The molecule has 1 aliphatic rings. The van der Waals surface area contributed by atoms with Gasteiger partial charge >= 0.3 is 0 Å². The summed E-state index contributed by atoms with van der Waals surface area (Å²) in [5, 5.41) is 0. The fraction of sp³-hybridized carbons (Fsp3) is 0.769. The number of carbonyl (C=O) groups excluding carboxylic acids is 1. The van der Waals surface area contributed by atoms with Crippen molar-refractivity contribution >= 4 is 6.29 Å². The molecule has 1 saturated heterocycles. The van der Waals surface area contributed by atoms with Crippen molar-refractivity contribution in [1.29, 1.82) is 0 Å². The average molecular weight is 226 g/mol. The molecule has 16 heavy (non-hydrogen) atoms. The van der Waals surface area contributed by atoms with Crippen LogP contribution in [0.1, 0.15) is 45.4 Å². The first kappa shape index (κ1) is 13.4. The van der Waals surface area contributed by atoms with E-state index in [-0.39, 0.29) is 6.29 Å². The maximum atomic E-state index is 10.8. The van der Waals surface area contributed by atoms with Crippen molar-refractivity contribution in [3.8, 4) is 0 Å². The summed E-state index contributed by atoms with van der Waals surface area (Å²) in [6.45, 7) is 3.70. The highest BCUT2D eigenvalue weighted by Gasteiger charge is 2.12. The third-order valence-electron chi connectivity index (χ3n) is 2.69. The van der Waals surface area contributed by atoms with E-state index in [9.17, 15) is 4.79 Å². The van der Waals surface area contributed by atoms with Crippen LogP contribution in [-0.2, 0) is 14.3 Å². The summed E-state index contributed by atoms with van der Waals surface area (Å²) in [6.07, 6.45) is 8.77. The Morgan fingerprint density at radius 2 is 2.06 bits per heavy atom. The molecule has 0 bridgehead atoms. The van der Waals surface area contributed by atoms with Gasteiger partial charge in [0.15, 0.2) is 6.29 Å². The fourth-order valence-corrected chi connectivity index (χ4v) is 1.71. The average Bonchev–Trinajstić information content (AvgIpc) is 2.35. The Kier molecular flexibility index (Phi) is 7.10. The van der Waals surface area contributed by atoms with Crippen LogP contribution in [-0.4, -0.2) is 25.8 Å². The minimum absolute atomic E-state index is 0.144. The van der Waals surface area contributed by atoms with Crippen molar-refractivity contribution in [3.05, 3.63) is 11.6 Å². The maximum Gasteiger partial charge on any atom is 0.160 e. The first-order valence-corrected chi connectivity index (χ1v) is 6.24. The molecular formula is C13H22O3. The summed E-state index contributed by atoms with van der Waals surface area (Å²) in [7, 11) is 0. The third-order valence-corrected chi connectivity index (χ3v) is 2.69. The highest BCUT2D eigenvalue weighted by Crippen LogP contribution is 2.13. The number of rotatable bonds is 7. The number of unbranched alkanes of at least 4 members (excludes halogenated alkanes) is 2. The minimum Gasteiger partial charge on any atom is -0.352 e. The van der Waals surface area contributed by atoms with E-state index in [1.54, 1.807) is 0 Å². The van der Waals surface area contributed by atoms with Crippen molar-refractivity contribution in [2.24, 2.45) is 0 Å². The van der Waals surface area contributed by atoms with E-state index < -0.39 is 0 Å². The summed E-state index contributed by atoms with van der Waals surface area (Å²) < 4.78 is 10.8. The van der Waals surface area contributed by atoms with Gasteiger partial charge in [-0.15, -0.1) is 0 Å². The Morgan fingerprint density at radius 1 is 1.31 bits per heavy atom. The van der Waals surface area contributed by atoms with Gasteiger partial charge in [0.2, 0.25) is 0 Å². The van der Waals surface area contributed by atoms with E-state index in [0.717, 1.165) is 44.3 Å². The van der Waals surface area contributed by atoms with Crippen molar-refractivity contribution < 1.29 is 14.3 Å². The summed E-state index contributed by atoms with van der Waals surface area (Å²) in [5.74, 6) is 0. The molecule has 1 rings (SSSR count). The molecule has 0 saturated carbocycles. The van der Waals surface area contributed by atoms with E-state index in [1.807, 2.05) is 6.08 Å². The van der Waals surface area contributed by atoms with Gasteiger partial charge < -0.3 is 9.47 Å². The van der Waals surface area contributed by atoms with E-state index in [2.05, 4.69) is 6.92 Å². The van der Waals surface area contributed by atoms with Crippen molar-refractivity contribution in [2.75, 3.05) is 13.2 Å². The van der Waals surface area contributed by atoms with E-state index >= 15 is 0 Å². The molecule has 92 valence electrons. The smallest absolute Gasteiger partial charge is 0.160 e. The molecule has 1 aliphatic heterocycles. The van der Waals surface area contributed by atoms with Gasteiger partial charge in [-0.25, -0.2) is 0 Å². The Hall–Kier alpha value is -0.670. The zero-order valence-corrected chi connectivity index (χ0v) is 10.1. The van der Waals surface area contributed by atoms with Gasteiger partial charge in [0.1, 0.15) is 6.29 Å². The Morgan fingerprint density at radius 3 is 2.69 bits per heavy atom. The molecule has 3 nitrogen and oxygen atoms in total. The van der Waals surface area contributed by atoms with Gasteiger partial charge in [0, 0.05) is 6.42 Å². The standard InChI is InChI=1S/C13H22O3/c1-2-3-4-6-12(11-14)7-8-13-15-9-5-10-16-13/h7,11,13H,2-6,8-10H2,1H3/b12-7-. The molecule has 1 heterocycles. The number of carbonyl (C=O) groups is 1. The predicted octanol–water partition coefficient (Wildman–Crippen LogP) is 2.85. The van der Waals surface area contributed by atoms with Gasteiger partial charge in [-0.2, -0.15) is 0 Å². The maximum absolute atomic E-state index is 10.8. The number of allylic oxidation sites excluding steroid dienone is 1. The normalized spacial score (nSPS) is 18.7. The highest BCUT2D eigenvalue weighted by molar-refractivity contribution is 5.72. The van der Waals surface area contributed by atoms with Crippen LogP contribution >= 0.6 is 0 Å². The number of aldehydes is 1. The minimum atomic E-state index is -0.144. The fourth-order valence-electron chi connectivity index (χ4n) is 1.71. The van der Waals surface area contributed by atoms with Crippen LogP contribution in [0.4, 0.5) is 0 Å². The monoisotopic (exact) mass is 226 g/mol. The molecule has 0 aromatic rings. The number of hydrogen-bond donors (Lipinski definition) is 0. The molecule has 0 spiro atoms. The van der Waals surface area contributed by atoms with Crippen LogP contribution in [0, 0.1) is 0 Å². The van der Waals surface area contributed by atoms with Crippen LogP contribution in [0.2, 0.25) is 0 Å². The summed E-state index contributed by atoms with van der Waals surface area (Å²) in [6, 6.07) is 0. The van der Waals surface area contributed by atoms with E-state index in [1.165, 1.54) is 12.8 Å². The second-order valence-electron chi connectivity index (χ2n) is 4.11. The highest BCUT2D eigenvalue weighted by atomic mass is 16.7. The molecule has 0 aromatic heterocycles. The molecule has 3 heteroatoms. The zero-order chi connectivity index (χ0) is 11.6. The molecule has 1 fully saturated rings. The Bertz CT molecular complexity index is 217. The molecule has 0 radical (unpaired) electrons. The van der Waals surface area contributed by atoms with Crippen LogP contribution < -0.4 is 0 Å². The van der Waals surface area contributed by atoms with Crippen molar-refractivity contribution in [3.63, 3.8) is 0 Å². The lowest BCUT2D eigenvalue weighted by atomic mass is 10.1.